The normalized spacial score (nSPS) is 36.2. The Morgan fingerprint density at radius 1 is 0.625 bits per heavy atom. The van der Waals surface area contributed by atoms with Crippen LogP contribution in [0.2, 0.25) is 0 Å². The Bertz CT molecular complexity index is 2080. The number of H-pyrrole nitrogens is 2. The monoisotopic (exact) mass is 760 g/mol. The summed E-state index contributed by atoms with van der Waals surface area (Å²) in [4.78, 5) is 18.5. The first-order valence-corrected chi connectivity index (χ1v) is 20.8. The van der Waals surface area contributed by atoms with Crippen LogP contribution >= 0.6 is 0 Å². The van der Waals surface area contributed by atoms with Gasteiger partial charge >= 0.3 is 14.1 Å². The first kappa shape index (κ1) is 35.4. The van der Waals surface area contributed by atoms with Crippen LogP contribution in [0.5, 0.6) is 0 Å². The van der Waals surface area contributed by atoms with Gasteiger partial charge in [-0.25, -0.2) is 9.97 Å². The van der Waals surface area contributed by atoms with Crippen molar-refractivity contribution in [3.63, 3.8) is 0 Å². The first-order chi connectivity index (χ1) is 27.1. The maximum Gasteiger partial charge on any atom is 0.468 e. The molecule has 4 aromatic heterocycles. The van der Waals surface area contributed by atoms with Crippen LogP contribution in [-0.2, 0) is 0 Å². The Hall–Kier alpha value is -3.79. The van der Waals surface area contributed by atoms with Gasteiger partial charge in [0.15, 0.2) is 0 Å². The van der Waals surface area contributed by atoms with Crippen LogP contribution < -0.4 is 10.9 Å². The van der Waals surface area contributed by atoms with Gasteiger partial charge in [-0.05, 0) is 112 Å². The molecule has 16 heteroatoms. The SMILES string of the molecule is OCCN1N=C(C2C3CC4CC2CC(O)(C4)C3)c2c(cnc3[nH]ccc23)B1O.OCCN1N=C(C2C3CC4CC2CC(O)(C4)C3)c2c(cnc3[nH]ccc23)B1O. The maximum atomic E-state index is 11.0. The van der Waals surface area contributed by atoms with Crippen LogP contribution in [-0.4, -0.2) is 123 Å². The van der Waals surface area contributed by atoms with Gasteiger partial charge in [0.25, 0.3) is 0 Å². The lowest BCUT2D eigenvalue weighted by atomic mass is 9.48. The van der Waals surface area contributed by atoms with Gasteiger partial charge in [-0.2, -0.15) is 10.2 Å². The molecule has 14 rings (SSSR count). The maximum absolute atomic E-state index is 11.0. The van der Waals surface area contributed by atoms with Crippen molar-refractivity contribution in [2.75, 3.05) is 26.3 Å². The third-order valence-corrected chi connectivity index (χ3v) is 15.1. The van der Waals surface area contributed by atoms with Crippen molar-refractivity contribution in [2.45, 2.75) is 75.4 Å². The van der Waals surface area contributed by atoms with Crippen molar-refractivity contribution < 1.29 is 30.5 Å². The number of hydrazone groups is 2. The van der Waals surface area contributed by atoms with Crippen molar-refractivity contribution in [3.8, 4) is 0 Å². The minimum absolute atomic E-state index is 0.0671. The minimum atomic E-state index is -0.904. The van der Waals surface area contributed by atoms with E-state index in [2.05, 4.69) is 19.9 Å². The van der Waals surface area contributed by atoms with Gasteiger partial charge in [-0.3, -0.25) is 0 Å². The highest BCUT2D eigenvalue weighted by Gasteiger charge is 2.58. The highest BCUT2D eigenvalue weighted by molar-refractivity contribution is 6.67. The molecule has 8 bridgehead atoms. The summed E-state index contributed by atoms with van der Waals surface area (Å²) in [6, 6.07) is 4.02. The number of aromatic nitrogens is 4. The molecule has 2 aliphatic heterocycles. The molecule has 4 atom stereocenters. The molecule has 0 radical (unpaired) electrons. The van der Waals surface area contributed by atoms with E-state index >= 15 is 0 Å². The van der Waals surface area contributed by atoms with Crippen molar-refractivity contribution >= 4 is 58.5 Å². The zero-order valence-corrected chi connectivity index (χ0v) is 31.5. The largest absolute Gasteiger partial charge is 0.468 e. The summed E-state index contributed by atoms with van der Waals surface area (Å²) in [5.41, 5.74) is 6.17. The number of rotatable bonds is 6. The average molecular weight is 761 g/mol. The molecule has 4 aromatic rings. The molecular formula is C40H50B2N8O6. The lowest BCUT2D eigenvalue weighted by molar-refractivity contribution is -0.138. The first-order valence-electron chi connectivity index (χ1n) is 20.8. The minimum Gasteiger partial charge on any atom is -0.428 e. The predicted molar refractivity (Wildman–Crippen MR) is 212 cm³/mol. The number of aromatic amines is 2. The van der Waals surface area contributed by atoms with Gasteiger partial charge in [-0.1, -0.05) is 0 Å². The Kier molecular flexibility index (Phi) is 8.12. The molecule has 8 saturated carbocycles. The number of nitrogens with one attached hydrogen (secondary N) is 2. The molecule has 8 N–H and O–H groups in total. The number of aliphatic hydroxyl groups excluding tert-OH is 2. The summed E-state index contributed by atoms with van der Waals surface area (Å²) in [7, 11) is -1.81. The fourth-order valence-corrected chi connectivity index (χ4v) is 13.7. The van der Waals surface area contributed by atoms with E-state index < -0.39 is 25.3 Å². The number of β-amino-alcohol motifs (C(OH)–C–C–N with tert-alkyl or cyclic N) is 2. The smallest absolute Gasteiger partial charge is 0.428 e. The van der Waals surface area contributed by atoms with E-state index in [0.717, 1.165) is 120 Å². The molecule has 4 unspecified atom stereocenters. The molecule has 56 heavy (non-hydrogen) atoms. The summed E-state index contributed by atoms with van der Waals surface area (Å²) in [5.74, 6) is 3.53. The van der Waals surface area contributed by atoms with Crippen LogP contribution in [0.15, 0.2) is 47.1 Å². The van der Waals surface area contributed by atoms with E-state index in [1.165, 1.54) is 0 Å². The van der Waals surface area contributed by atoms with Crippen LogP contribution in [0.3, 0.4) is 0 Å². The lowest BCUT2D eigenvalue weighted by Gasteiger charge is -2.58. The Balaban J connectivity index is 0.000000130. The number of fused-ring (bicyclic) bond motifs is 6. The molecule has 0 aromatic carbocycles. The summed E-state index contributed by atoms with van der Waals surface area (Å²) < 4.78 is 0. The van der Waals surface area contributed by atoms with Crippen molar-refractivity contribution in [1.82, 2.24) is 29.8 Å². The summed E-state index contributed by atoms with van der Waals surface area (Å²) >= 11 is 0. The molecule has 8 aliphatic carbocycles. The van der Waals surface area contributed by atoms with Crippen molar-refractivity contribution in [3.05, 3.63) is 48.0 Å². The third kappa shape index (κ3) is 5.39. The van der Waals surface area contributed by atoms with E-state index in [9.17, 15) is 30.5 Å². The van der Waals surface area contributed by atoms with E-state index in [1.54, 1.807) is 22.2 Å². The number of nitrogens with zero attached hydrogens (tertiary/aromatic N) is 6. The topological polar surface area (TPSA) is 210 Å². The summed E-state index contributed by atoms with van der Waals surface area (Å²) in [6.07, 6.45) is 17.2. The fraction of sp³-hybridized carbons (Fsp3) is 0.600. The zero-order chi connectivity index (χ0) is 38.1. The Morgan fingerprint density at radius 2 is 1.02 bits per heavy atom. The number of pyridine rings is 2. The quantitative estimate of drug-likeness (QED) is 0.130. The highest BCUT2D eigenvalue weighted by Crippen LogP contribution is 2.60. The van der Waals surface area contributed by atoms with Crippen LogP contribution in [0.25, 0.3) is 22.1 Å². The molecule has 14 nitrogen and oxygen atoms in total. The number of aliphatic hydroxyl groups is 4. The zero-order valence-electron chi connectivity index (χ0n) is 31.5. The second-order valence-corrected chi connectivity index (χ2v) is 18.6. The van der Waals surface area contributed by atoms with Gasteiger partial charge in [0.1, 0.15) is 11.3 Å². The van der Waals surface area contributed by atoms with Gasteiger partial charge < -0.3 is 50.3 Å². The van der Waals surface area contributed by atoms with Crippen LogP contribution in [0.4, 0.5) is 0 Å². The summed E-state index contributed by atoms with van der Waals surface area (Å²) in [5, 5.41) is 74.5. The van der Waals surface area contributed by atoms with Crippen LogP contribution in [0.1, 0.15) is 75.3 Å². The van der Waals surface area contributed by atoms with Crippen molar-refractivity contribution in [1.29, 1.82) is 0 Å². The average Bonchev–Trinajstić information content (AvgIpc) is 3.84. The second-order valence-electron chi connectivity index (χ2n) is 18.6. The van der Waals surface area contributed by atoms with Gasteiger partial charge in [0, 0.05) is 82.5 Å². The van der Waals surface area contributed by atoms with Gasteiger partial charge in [-0.15, -0.1) is 0 Å². The molecular weight excluding hydrogens is 710 g/mol. The van der Waals surface area contributed by atoms with E-state index in [-0.39, 0.29) is 38.1 Å². The molecule has 10 aliphatic rings. The molecule has 0 amide bonds. The van der Waals surface area contributed by atoms with Gasteiger partial charge in [0.2, 0.25) is 0 Å². The standard InChI is InChI=1S/2C20H25BN4O3/c2*26-4-3-25-21(28)15-10-23-19-14(1-2-22-19)17(15)18(24-25)16-12-5-11-6-13(16)9-20(27,7-11)8-12/h2*1-2,10-13,16,26-28H,3-9H2,(H,22,23). The Labute approximate surface area is 325 Å². The van der Waals surface area contributed by atoms with E-state index in [1.807, 2.05) is 24.5 Å². The van der Waals surface area contributed by atoms with Crippen LogP contribution in [0, 0.1) is 47.3 Å². The summed E-state index contributed by atoms with van der Waals surface area (Å²) in [6.45, 7) is 0.429. The molecule has 6 heterocycles. The highest BCUT2D eigenvalue weighted by atomic mass is 16.3. The third-order valence-electron chi connectivity index (χ3n) is 15.1. The predicted octanol–water partition coefficient (Wildman–Crippen LogP) is 0.899. The number of hydrogen-bond acceptors (Lipinski definition) is 12. The Morgan fingerprint density at radius 3 is 1.38 bits per heavy atom. The van der Waals surface area contributed by atoms with Gasteiger partial charge in [0.05, 0.1) is 35.8 Å². The second kappa shape index (κ2) is 12.9. The molecule has 0 saturated heterocycles. The molecule has 0 spiro atoms. The number of hydrogen-bond donors (Lipinski definition) is 8. The van der Waals surface area contributed by atoms with Crippen molar-refractivity contribution in [2.24, 2.45) is 57.5 Å². The van der Waals surface area contributed by atoms with E-state index in [0.29, 0.717) is 35.5 Å². The molecule has 292 valence electrons. The lowest BCUT2D eigenvalue weighted by Crippen LogP contribution is -2.59. The van der Waals surface area contributed by atoms with E-state index in [4.69, 9.17) is 10.2 Å². The fourth-order valence-electron chi connectivity index (χ4n) is 13.7. The molecule has 8 fully saturated rings.